The van der Waals surface area contributed by atoms with Crippen molar-refractivity contribution in [2.24, 2.45) is 0 Å². The molecule has 5 heterocycles. The van der Waals surface area contributed by atoms with Crippen LogP contribution in [0.15, 0.2) is 110 Å². The van der Waals surface area contributed by atoms with Crippen molar-refractivity contribution in [1.29, 1.82) is 0 Å². The highest BCUT2D eigenvalue weighted by Crippen LogP contribution is 2.45. The average molecular weight is 1070 g/mol. The third-order valence-corrected chi connectivity index (χ3v) is 19.1. The summed E-state index contributed by atoms with van der Waals surface area (Å²) in [5.41, 5.74) is 50.7. The van der Waals surface area contributed by atoms with Crippen LogP contribution in [-0.4, -0.2) is 24.9 Å². The zero-order valence-corrected chi connectivity index (χ0v) is 51.7. The van der Waals surface area contributed by atoms with Crippen LogP contribution in [0, 0.1) is 118 Å². The second kappa shape index (κ2) is 22.0. The first-order chi connectivity index (χ1) is 39.2. The van der Waals surface area contributed by atoms with E-state index >= 15 is 0 Å². The second-order valence-corrected chi connectivity index (χ2v) is 24.2. The molecule has 0 unspecified atom stereocenters. The number of fused-ring (bicyclic) bond motifs is 15. The number of aryl methyl sites for hydroxylation is 9. The van der Waals surface area contributed by atoms with Gasteiger partial charge in [-0.15, -0.1) is 0 Å². The molecule has 0 atom stereocenters. The van der Waals surface area contributed by atoms with Gasteiger partial charge in [-0.3, -0.25) is 24.9 Å². The summed E-state index contributed by atoms with van der Waals surface area (Å²) in [7, 11) is 0. The fraction of sp³-hybridized carbons (Fsp3) is 0.286. The topological polar surface area (TPSA) is 64.5 Å². The van der Waals surface area contributed by atoms with Crippen LogP contribution >= 0.6 is 0 Å². The number of hydrogen-bond donors (Lipinski definition) is 0. The number of pyridine rings is 5. The average Bonchev–Trinajstić information content (AvgIpc) is 4.26. The molecule has 0 aliphatic heterocycles. The van der Waals surface area contributed by atoms with Crippen LogP contribution in [0.5, 0.6) is 0 Å². The molecule has 82 heavy (non-hydrogen) atoms. The molecule has 0 bridgehead atoms. The van der Waals surface area contributed by atoms with Crippen molar-refractivity contribution in [1.82, 2.24) is 24.9 Å². The van der Waals surface area contributed by atoms with Gasteiger partial charge in [0.15, 0.2) is 0 Å². The van der Waals surface area contributed by atoms with Crippen molar-refractivity contribution < 1.29 is 0 Å². The molecule has 0 saturated carbocycles. The number of benzene rings is 5. The summed E-state index contributed by atoms with van der Waals surface area (Å²) >= 11 is 0. The molecule has 0 radical (unpaired) electrons. The zero-order chi connectivity index (χ0) is 58.2. The monoisotopic (exact) mass is 1070 g/mol. The molecule has 5 aromatic heterocycles. The Hall–Kier alpha value is -8.15. The molecule has 5 aliphatic carbocycles. The first-order valence-corrected chi connectivity index (χ1v) is 29.4. The SMILES string of the molecule is Cc1c(C)c(C)c2c(c1C)Cc1ncccc1-2.Cc1cc(C)c2c(c1C)-c1c(C)ccnc1C2.Cc1ccc2c(c1C)-c1c(C)ccnc1C2.Cc1ccc2c(n1)Cc1ccc(C)c(C)c1-2.Cc1cnc2c(c1)-c1c(ccc(C)c1C)C2. The molecule has 0 saturated heterocycles. The molecule has 15 rings (SSSR count). The number of aromatic nitrogens is 5. The van der Waals surface area contributed by atoms with E-state index in [2.05, 4.69) is 221 Å². The Kier molecular flexibility index (Phi) is 14.9. The van der Waals surface area contributed by atoms with Gasteiger partial charge in [0.05, 0.1) is 28.5 Å². The highest BCUT2D eigenvalue weighted by molar-refractivity contribution is 5.85. The maximum atomic E-state index is 4.64. The summed E-state index contributed by atoms with van der Waals surface area (Å²) < 4.78 is 0. The molecule has 5 heteroatoms. The van der Waals surface area contributed by atoms with Crippen molar-refractivity contribution >= 4 is 0 Å². The van der Waals surface area contributed by atoms with E-state index in [1.807, 2.05) is 30.9 Å². The second-order valence-electron chi connectivity index (χ2n) is 24.2. The van der Waals surface area contributed by atoms with Gasteiger partial charge in [0, 0.05) is 90.4 Å². The molecule has 5 nitrogen and oxygen atoms in total. The first kappa shape index (κ1) is 55.7. The van der Waals surface area contributed by atoms with Crippen molar-refractivity contribution in [2.45, 2.75) is 150 Å². The van der Waals surface area contributed by atoms with Crippen molar-refractivity contribution in [3.05, 3.63) is 261 Å². The van der Waals surface area contributed by atoms with Crippen LogP contribution < -0.4 is 0 Å². The van der Waals surface area contributed by atoms with E-state index in [1.54, 1.807) is 0 Å². The lowest BCUT2D eigenvalue weighted by Crippen LogP contribution is -1.98. The highest BCUT2D eigenvalue weighted by atomic mass is 14.7. The fourth-order valence-corrected chi connectivity index (χ4v) is 13.6. The minimum atomic E-state index is 0.992. The van der Waals surface area contributed by atoms with E-state index in [-0.39, 0.29) is 0 Å². The summed E-state index contributed by atoms with van der Waals surface area (Å²) in [6, 6.07) is 30.7. The van der Waals surface area contributed by atoms with E-state index in [1.165, 1.54) is 201 Å². The third kappa shape index (κ3) is 9.80. The Labute approximate surface area is 488 Å². The zero-order valence-electron chi connectivity index (χ0n) is 51.7. The van der Waals surface area contributed by atoms with Crippen molar-refractivity contribution in [2.75, 3.05) is 0 Å². The minimum Gasteiger partial charge on any atom is -0.260 e. The van der Waals surface area contributed by atoms with Gasteiger partial charge in [0.1, 0.15) is 0 Å². The van der Waals surface area contributed by atoms with Gasteiger partial charge in [0.2, 0.25) is 0 Å². The van der Waals surface area contributed by atoms with E-state index in [0.29, 0.717) is 0 Å². The fourth-order valence-electron chi connectivity index (χ4n) is 13.6. The summed E-state index contributed by atoms with van der Waals surface area (Å²) in [6.45, 7) is 37.3. The maximum Gasteiger partial charge on any atom is 0.0529 e. The molecular formula is C77H79N5. The van der Waals surface area contributed by atoms with Gasteiger partial charge >= 0.3 is 0 Å². The van der Waals surface area contributed by atoms with Crippen LogP contribution in [0.3, 0.4) is 0 Å². The van der Waals surface area contributed by atoms with E-state index in [9.17, 15) is 0 Å². The lowest BCUT2D eigenvalue weighted by molar-refractivity contribution is 1.07. The predicted octanol–water partition coefficient (Wildman–Crippen LogP) is 18.5. The maximum absolute atomic E-state index is 4.64. The quantitative estimate of drug-likeness (QED) is 0.151. The number of nitrogens with zero attached hydrogens (tertiary/aromatic N) is 5. The van der Waals surface area contributed by atoms with Crippen LogP contribution in [0.1, 0.15) is 151 Å². The van der Waals surface area contributed by atoms with Gasteiger partial charge < -0.3 is 0 Å². The molecule has 10 aromatic rings. The summed E-state index contributed by atoms with van der Waals surface area (Å²) in [4.78, 5) is 22.8. The summed E-state index contributed by atoms with van der Waals surface area (Å²) in [5, 5.41) is 0. The molecule has 0 fully saturated rings. The van der Waals surface area contributed by atoms with Gasteiger partial charge in [-0.05, 0) is 293 Å². The Balaban J connectivity index is 0.000000108. The summed E-state index contributed by atoms with van der Waals surface area (Å²) in [5.74, 6) is 0. The standard InChI is InChI=1S/2C16H17N.3C15H15N/c1-9-5-6-17-14-8-13-11(3)7-10(2)12(4)16(13)15(9)14;1-9-10(2)12(4)16-13-6-5-7-17-15(13)8-14(16)11(9)3;1-9-4-6-12-8-14-13(15(12)11(9)3)7-5-10(2)16-14;1-9-6-13-14(16-8-9)7-12-5-4-10(2)11(3)15(12)13;1-9-4-5-12-8-13-14(15(12)11(9)3)10(2)6-7-16-13/h2*5-7H,8H2,1-4H3;4-7H,8H2,1-3H3;4-6,8H,7H2,1-3H3;4-7H,8H2,1-3H3. The smallest absolute Gasteiger partial charge is 0.0529 e. The Bertz CT molecular complexity index is 4260. The first-order valence-electron chi connectivity index (χ1n) is 29.4. The lowest BCUT2D eigenvalue weighted by Gasteiger charge is -2.15. The Morgan fingerprint density at radius 3 is 1.41 bits per heavy atom. The van der Waals surface area contributed by atoms with E-state index in [0.717, 1.165) is 37.8 Å². The lowest BCUT2D eigenvalue weighted by atomic mass is 9.89. The molecule has 0 spiro atoms. The van der Waals surface area contributed by atoms with Gasteiger partial charge in [-0.1, -0.05) is 54.6 Å². The van der Waals surface area contributed by atoms with Crippen LogP contribution in [-0.2, 0) is 32.1 Å². The van der Waals surface area contributed by atoms with Crippen molar-refractivity contribution in [3.8, 4) is 55.6 Å². The van der Waals surface area contributed by atoms with Gasteiger partial charge in [-0.25, -0.2) is 0 Å². The molecular weight excluding hydrogens is 995 g/mol. The summed E-state index contributed by atoms with van der Waals surface area (Å²) in [6.07, 6.45) is 12.7. The highest BCUT2D eigenvalue weighted by Gasteiger charge is 2.28. The minimum absolute atomic E-state index is 0.992. The van der Waals surface area contributed by atoms with E-state index < -0.39 is 0 Å². The number of hydrogen-bond acceptors (Lipinski definition) is 5. The third-order valence-electron chi connectivity index (χ3n) is 19.1. The molecule has 0 N–H and O–H groups in total. The number of rotatable bonds is 0. The predicted molar refractivity (Wildman–Crippen MR) is 343 cm³/mol. The van der Waals surface area contributed by atoms with Crippen LogP contribution in [0.4, 0.5) is 0 Å². The van der Waals surface area contributed by atoms with Crippen LogP contribution in [0.25, 0.3) is 55.6 Å². The van der Waals surface area contributed by atoms with Gasteiger partial charge in [-0.2, -0.15) is 0 Å². The molecule has 5 aromatic carbocycles. The van der Waals surface area contributed by atoms with Crippen LogP contribution in [0.2, 0.25) is 0 Å². The molecule has 5 aliphatic rings. The van der Waals surface area contributed by atoms with E-state index in [4.69, 9.17) is 0 Å². The molecule has 0 amide bonds. The normalized spacial score (nSPS) is 12.5. The van der Waals surface area contributed by atoms with Gasteiger partial charge in [0.25, 0.3) is 0 Å². The molecule has 412 valence electrons. The Morgan fingerprint density at radius 2 is 0.768 bits per heavy atom. The largest absolute Gasteiger partial charge is 0.260 e. The Morgan fingerprint density at radius 1 is 0.280 bits per heavy atom. The van der Waals surface area contributed by atoms with Crippen molar-refractivity contribution in [3.63, 3.8) is 0 Å².